The van der Waals surface area contributed by atoms with E-state index in [2.05, 4.69) is 0 Å². The van der Waals surface area contributed by atoms with Gasteiger partial charge in [0, 0.05) is 32.4 Å². The summed E-state index contributed by atoms with van der Waals surface area (Å²) < 4.78 is 20.6. The molecule has 3 aromatic rings. The van der Waals surface area contributed by atoms with Crippen LogP contribution in [-0.2, 0) is 4.74 Å². The Morgan fingerprint density at radius 2 is 1.81 bits per heavy atom. The minimum absolute atomic E-state index is 0.288. The summed E-state index contributed by atoms with van der Waals surface area (Å²) in [6, 6.07) is 9.68. The van der Waals surface area contributed by atoms with E-state index in [0.29, 0.717) is 22.5 Å². The molecule has 140 valence electrons. The number of Topliss-reactive ketones (excluding diaryl/α,β-unsaturated/α-hetero) is 1. The van der Waals surface area contributed by atoms with E-state index in [0.717, 1.165) is 15.4 Å². The molecule has 0 saturated heterocycles. The predicted molar refractivity (Wildman–Crippen MR) is 104 cm³/mol. The van der Waals surface area contributed by atoms with Crippen molar-refractivity contribution in [1.29, 1.82) is 0 Å². The second-order valence-corrected chi connectivity index (χ2v) is 7.89. The van der Waals surface area contributed by atoms with E-state index in [4.69, 9.17) is 4.74 Å². The zero-order valence-corrected chi connectivity index (χ0v) is 16.4. The number of halogens is 1. The van der Waals surface area contributed by atoms with E-state index in [1.165, 1.54) is 23.5 Å². The van der Waals surface area contributed by atoms with Gasteiger partial charge in [-0.1, -0.05) is 6.07 Å². The molecule has 0 aliphatic carbocycles. The summed E-state index contributed by atoms with van der Waals surface area (Å²) in [7, 11) is 0. The maximum absolute atomic E-state index is 13.5. The average Bonchev–Trinajstić information content (AvgIpc) is 3.10. The van der Waals surface area contributed by atoms with Gasteiger partial charge in [-0.25, -0.2) is 9.18 Å². The van der Waals surface area contributed by atoms with Gasteiger partial charge in [-0.2, -0.15) is 0 Å². The maximum Gasteiger partial charge on any atom is 0.339 e. The molecule has 0 saturated carbocycles. The summed E-state index contributed by atoms with van der Waals surface area (Å²) in [5.74, 6) is -1.13. The van der Waals surface area contributed by atoms with Crippen LogP contribution in [-0.4, -0.2) is 22.9 Å². The highest BCUT2D eigenvalue weighted by atomic mass is 32.1. The highest BCUT2D eigenvalue weighted by Crippen LogP contribution is 2.23. The van der Waals surface area contributed by atoms with Crippen LogP contribution in [0.3, 0.4) is 0 Å². The molecule has 0 bridgehead atoms. The monoisotopic (exact) mass is 385 g/mol. The number of rotatable bonds is 5. The Morgan fingerprint density at radius 1 is 1.07 bits per heavy atom. The molecule has 0 fully saturated rings. The molecule has 27 heavy (non-hydrogen) atoms. The van der Waals surface area contributed by atoms with Gasteiger partial charge in [0.1, 0.15) is 5.82 Å². The first-order chi connectivity index (χ1) is 12.8. The van der Waals surface area contributed by atoms with Gasteiger partial charge in [0.2, 0.25) is 5.78 Å². The SMILES string of the molecule is Cc1cc(C(=O)OCC(=O)c2cc(C)n(-c3cccc(F)c3)c2C)c(C)s1. The van der Waals surface area contributed by atoms with Crippen LogP contribution in [0.5, 0.6) is 0 Å². The molecule has 0 aliphatic heterocycles. The number of nitrogens with zero attached hydrogens (tertiary/aromatic N) is 1. The van der Waals surface area contributed by atoms with E-state index < -0.39 is 5.97 Å². The normalized spacial score (nSPS) is 10.9. The van der Waals surface area contributed by atoms with Crippen LogP contribution >= 0.6 is 11.3 Å². The van der Waals surface area contributed by atoms with Crippen LogP contribution in [0.2, 0.25) is 0 Å². The highest BCUT2D eigenvalue weighted by molar-refractivity contribution is 7.12. The molecule has 0 radical (unpaired) electrons. The molecule has 4 nitrogen and oxygen atoms in total. The van der Waals surface area contributed by atoms with E-state index in [-0.39, 0.29) is 18.2 Å². The lowest BCUT2D eigenvalue weighted by Gasteiger charge is -2.10. The van der Waals surface area contributed by atoms with Gasteiger partial charge in [-0.05, 0) is 58.0 Å². The smallest absolute Gasteiger partial charge is 0.339 e. The fourth-order valence-electron chi connectivity index (χ4n) is 3.18. The number of aromatic nitrogens is 1. The first kappa shape index (κ1) is 19.0. The van der Waals surface area contributed by atoms with Gasteiger partial charge in [-0.15, -0.1) is 11.3 Å². The van der Waals surface area contributed by atoms with E-state index >= 15 is 0 Å². The van der Waals surface area contributed by atoms with E-state index in [1.54, 1.807) is 31.2 Å². The summed E-state index contributed by atoms with van der Waals surface area (Å²) in [5.41, 5.74) is 3.09. The molecule has 0 atom stereocenters. The number of hydrogen-bond acceptors (Lipinski definition) is 4. The standard InChI is InChI=1S/C21H20FNO3S/c1-12-8-18(14(3)23(12)17-7-5-6-16(22)10-17)20(24)11-26-21(25)19-9-13(2)27-15(19)4/h5-10H,11H2,1-4H3. The number of ether oxygens (including phenoxy) is 1. The van der Waals surface area contributed by atoms with Crippen molar-refractivity contribution >= 4 is 23.1 Å². The number of thiophene rings is 1. The molecule has 6 heteroatoms. The van der Waals surface area contributed by atoms with Gasteiger partial charge in [-0.3, -0.25) is 4.79 Å². The zero-order chi connectivity index (χ0) is 19.7. The van der Waals surface area contributed by atoms with Gasteiger partial charge in [0.25, 0.3) is 0 Å². The molecule has 0 amide bonds. The van der Waals surface area contributed by atoms with Gasteiger partial charge in [0.15, 0.2) is 6.61 Å². The molecule has 0 spiro atoms. The summed E-state index contributed by atoms with van der Waals surface area (Å²) in [6.45, 7) is 7.07. The summed E-state index contributed by atoms with van der Waals surface area (Å²) in [4.78, 5) is 26.7. The second-order valence-electron chi connectivity index (χ2n) is 6.43. The number of carbonyl (C=O) groups is 2. The Morgan fingerprint density at radius 3 is 2.44 bits per heavy atom. The van der Waals surface area contributed by atoms with Crippen LogP contribution in [0.15, 0.2) is 36.4 Å². The van der Waals surface area contributed by atoms with Crippen molar-refractivity contribution in [3.8, 4) is 5.69 Å². The van der Waals surface area contributed by atoms with Gasteiger partial charge in [0.05, 0.1) is 5.56 Å². The van der Waals surface area contributed by atoms with Crippen LogP contribution in [0.25, 0.3) is 5.69 Å². The second kappa shape index (κ2) is 7.48. The molecular formula is C21H20FNO3S. The van der Waals surface area contributed by atoms with Crippen molar-refractivity contribution in [3.63, 3.8) is 0 Å². The van der Waals surface area contributed by atoms with Crippen molar-refractivity contribution in [2.24, 2.45) is 0 Å². The van der Waals surface area contributed by atoms with Crippen LogP contribution in [0.1, 0.15) is 41.9 Å². The summed E-state index contributed by atoms with van der Waals surface area (Å²) in [5, 5.41) is 0. The fraction of sp³-hybridized carbons (Fsp3) is 0.238. The quantitative estimate of drug-likeness (QED) is 0.461. The first-order valence-electron chi connectivity index (χ1n) is 8.50. The average molecular weight is 385 g/mol. The fourth-order valence-corrected chi connectivity index (χ4v) is 4.09. The number of esters is 1. The van der Waals surface area contributed by atoms with Crippen molar-refractivity contribution in [3.05, 3.63) is 74.5 Å². The Bertz CT molecular complexity index is 1030. The van der Waals surface area contributed by atoms with Crippen LogP contribution in [0.4, 0.5) is 4.39 Å². The van der Waals surface area contributed by atoms with Crippen LogP contribution < -0.4 is 0 Å². The Kier molecular flexibility index (Phi) is 5.28. The molecule has 0 aliphatic rings. The van der Waals surface area contributed by atoms with Crippen molar-refractivity contribution < 1.29 is 18.7 Å². The highest BCUT2D eigenvalue weighted by Gasteiger charge is 2.20. The molecule has 0 unspecified atom stereocenters. The number of benzene rings is 1. The number of aryl methyl sites for hydroxylation is 3. The predicted octanol–water partition coefficient (Wildman–Crippen LogP) is 4.95. The number of ketones is 1. The summed E-state index contributed by atoms with van der Waals surface area (Å²) >= 11 is 1.51. The van der Waals surface area contributed by atoms with E-state index in [9.17, 15) is 14.0 Å². The Labute approximate surface area is 161 Å². The van der Waals surface area contributed by atoms with Gasteiger partial charge < -0.3 is 9.30 Å². The minimum atomic E-state index is -0.496. The Hall–Kier alpha value is -2.73. The third-order valence-electron chi connectivity index (χ3n) is 4.39. The molecule has 2 heterocycles. The Balaban J connectivity index is 1.79. The lowest BCUT2D eigenvalue weighted by atomic mass is 10.1. The third-order valence-corrected chi connectivity index (χ3v) is 5.36. The first-order valence-corrected chi connectivity index (χ1v) is 9.32. The van der Waals surface area contributed by atoms with Crippen molar-refractivity contribution in [2.75, 3.05) is 6.61 Å². The number of hydrogen-bond donors (Lipinski definition) is 0. The maximum atomic E-state index is 13.5. The molecule has 3 rings (SSSR count). The largest absolute Gasteiger partial charge is 0.454 e. The van der Waals surface area contributed by atoms with Crippen molar-refractivity contribution in [2.45, 2.75) is 27.7 Å². The third kappa shape index (κ3) is 3.85. The minimum Gasteiger partial charge on any atom is -0.454 e. The molecule has 1 aromatic carbocycles. The molecular weight excluding hydrogens is 365 g/mol. The van der Waals surface area contributed by atoms with Gasteiger partial charge >= 0.3 is 5.97 Å². The molecule has 2 aromatic heterocycles. The topological polar surface area (TPSA) is 48.3 Å². The zero-order valence-electron chi connectivity index (χ0n) is 15.6. The summed E-state index contributed by atoms with van der Waals surface area (Å²) in [6.07, 6.45) is 0. The van der Waals surface area contributed by atoms with E-state index in [1.807, 2.05) is 25.3 Å². The van der Waals surface area contributed by atoms with Crippen LogP contribution in [0, 0.1) is 33.5 Å². The molecule has 0 N–H and O–H groups in total. The lowest BCUT2D eigenvalue weighted by molar-refractivity contribution is 0.0474. The lowest BCUT2D eigenvalue weighted by Crippen LogP contribution is -2.15. The van der Waals surface area contributed by atoms with Crippen molar-refractivity contribution in [1.82, 2.24) is 4.57 Å². The number of carbonyl (C=O) groups excluding carboxylic acids is 2.